The number of rotatable bonds is 3. The Hall–Kier alpha value is -1.16. The van der Waals surface area contributed by atoms with E-state index in [4.69, 9.17) is 0 Å². The lowest BCUT2D eigenvalue weighted by Crippen LogP contribution is -2.24. The summed E-state index contributed by atoms with van der Waals surface area (Å²) < 4.78 is 1.80. The Morgan fingerprint density at radius 2 is 2.12 bits per heavy atom. The van der Waals surface area contributed by atoms with Crippen molar-refractivity contribution in [1.82, 2.24) is 9.55 Å². The Bertz CT molecular complexity index is 562. The second kappa shape index (κ2) is 4.78. The minimum absolute atomic E-state index is 0.0136. The molecule has 0 N–H and O–H groups in total. The van der Waals surface area contributed by atoms with E-state index in [1.807, 2.05) is 24.3 Å². The second-order valence-electron chi connectivity index (χ2n) is 3.69. The zero-order chi connectivity index (χ0) is 11.5. The maximum Gasteiger partial charge on any atom is 0.272 e. The molecule has 0 aliphatic carbocycles. The zero-order valence-electron chi connectivity index (χ0n) is 9.11. The normalized spacial score (nSPS) is 10.9. The van der Waals surface area contributed by atoms with Crippen LogP contribution in [0.3, 0.4) is 0 Å². The lowest BCUT2D eigenvalue weighted by molar-refractivity contribution is 0.676. The number of hydrogen-bond acceptors (Lipinski definition) is 2. The van der Waals surface area contributed by atoms with Crippen LogP contribution in [0.1, 0.15) is 12.1 Å². The molecular formula is C12H13BrN2O. The van der Waals surface area contributed by atoms with E-state index < -0.39 is 0 Å². The molecule has 84 valence electrons. The van der Waals surface area contributed by atoms with Crippen LogP contribution in [0.15, 0.2) is 29.1 Å². The highest BCUT2D eigenvalue weighted by Gasteiger charge is 2.06. The van der Waals surface area contributed by atoms with Crippen LogP contribution in [-0.2, 0) is 6.54 Å². The minimum Gasteiger partial charge on any atom is -0.305 e. The lowest BCUT2D eigenvalue weighted by atomic mass is 10.2. The molecule has 0 atom stereocenters. The smallest absolute Gasteiger partial charge is 0.272 e. The fourth-order valence-corrected chi connectivity index (χ4v) is 2.01. The van der Waals surface area contributed by atoms with Gasteiger partial charge in [0.1, 0.15) is 5.69 Å². The molecule has 1 heterocycles. The van der Waals surface area contributed by atoms with Gasteiger partial charge in [-0.05, 0) is 25.5 Å². The van der Waals surface area contributed by atoms with Crippen LogP contribution in [0, 0.1) is 6.92 Å². The molecular weight excluding hydrogens is 268 g/mol. The Morgan fingerprint density at radius 3 is 2.88 bits per heavy atom. The summed E-state index contributed by atoms with van der Waals surface area (Å²) in [7, 11) is 0. The van der Waals surface area contributed by atoms with E-state index in [1.54, 1.807) is 11.5 Å². The van der Waals surface area contributed by atoms with Gasteiger partial charge in [0.15, 0.2) is 0 Å². The number of halogens is 1. The molecule has 0 aliphatic heterocycles. The van der Waals surface area contributed by atoms with Crippen LogP contribution in [-0.4, -0.2) is 14.9 Å². The van der Waals surface area contributed by atoms with E-state index in [9.17, 15) is 4.79 Å². The first-order valence-corrected chi connectivity index (χ1v) is 6.38. The number of aryl methyl sites for hydroxylation is 2. The standard InChI is InChI=1S/C12H13BrN2O/c1-9-12(16)15(8-4-7-13)11-6-3-2-5-10(11)14-9/h2-3,5-6H,4,7-8H2,1H3. The predicted molar refractivity (Wildman–Crippen MR) is 69.2 cm³/mol. The van der Waals surface area contributed by atoms with Gasteiger partial charge in [-0.1, -0.05) is 28.1 Å². The van der Waals surface area contributed by atoms with Crippen molar-refractivity contribution in [3.05, 3.63) is 40.3 Å². The predicted octanol–water partition coefficient (Wildman–Crippen LogP) is 2.49. The van der Waals surface area contributed by atoms with Crippen LogP contribution in [0.4, 0.5) is 0 Å². The molecule has 0 spiro atoms. The monoisotopic (exact) mass is 280 g/mol. The van der Waals surface area contributed by atoms with Gasteiger partial charge >= 0.3 is 0 Å². The topological polar surface area (TPSA) is 34.9 Å². The highest BCUT2D eigenvalue weighted by atomic mass is 79.9. The number of nitrogens with zero attached hydrogens (tertiary/aromatic N) is 2. The van der Waals surface area contributed by atoms with E-state index in [2.05, 4.69) is 20.9 Å². The van der Waals surface area contributed by atoms with Crippen LogP contribution >= 0.6 is 15.9 Å². The van der Waals surface area contributed by atoms with Crippen molar-refractivity contribution in [3.8, 4) is 0 Å². The quantitative estimate of drug-likeness (QED) is 0.810. The van der Waals surface area contributed by atoms with Gasteiger partial charge in [-0.25, -0.2) is 4.98 Å². The molecule has 1 aromatic carbocycles. The first-order chi connectivity index (χ1) is 7.74. The van der Waals surface area contributed by atoms with E-state index in [1.165, 1.54) is 0 Å². The van der Waals surface area contributed by atoms with Crippen LogP contribution in [0.2, 0.25) is 0 Å². The Labute approximate surface area is 102 Å². The average Bonchev–Trinajstić information content (AvgIpc) is 2.30. The summed E-state index contributed by atoms with van der Waals surface area (Å²) in [4.78, 5) is 16.3. The lowest BCUT2D eigenvalue weighted by Gasteiger charge is -2.09. The van der Waals surface area contributed by atoms with Crippen molar-refractivity contribution in [1.29, 1.82) is 0 Å². The fraction of sp³-hybridized carbons (Fsp3) is 0.333. The molecule has 2 rings (SSSR count). The zero-order valence-corrected chi connectivity index (χ0v) is 10.7. The Kier molecular flexibility index (Phi) is 3.39. The minimum atomic E-state index is 0.0136. The van der Waals surface area contributed by atoms with Gasteiger partial charge in [0.05, 0.1) is 11.0 Å². The summed E-state index contributed by atoms with van der Waals surface area (Å²) in [6.45, 7) is 2.49. The number of hydrogen-bond donors (Lipinski definition) is 0. The van der Waals surface area contributed by atoms with Gasteiger partial charge < -0.3 is 4.57 Å². The van der Waals surface area contributed by atoms with Gasteiger partial charge in [-0.15, -0.1) is 0 Å². The van der Waals surface area contributed by atoms with Crippen molar-refractivity contribution in [2.75, 3.05) is 5.33 Å². The van der Waals surface area contributed by atoms with Gasteiger partial charge in [0.25, 0.3) is 5.56 Å². The molecule has 16 heavy (non-hydrogen) atoms. The molecule has 0 saturated carbocycles. The molecule has 0 saturated heterocycles. The van der Waals surface area contributed by atoms with Crippen molar-refractivity contribution in [3.63, 3.8) is 0 Å². The highest BCUT2D eigenvalue weighted by molar-refractivity contribution is 9.09. The van der Waals surface area contributed by atoms with Gasteiger partial charge in [-0.3, -0.25) is 4.79 Å². The number of alkyl halides is 1. The fourth-order valence-electron chi connectivity index (χ4n) is 1.76. The van der Waals surface area contributed by atoms with Crippen molar-refractivity contribution < 1.29 is 0 Å². The molecule has 4 heteroatoms. The molecule has 0 unspecified atom stereocenters. The van der Waals surface area contributed by atoms with E-state index in [-0.39, 0.29) is 5.56 Å². The van der Waals surface area contributed by atoms with Gasteiger partial charge in [0.2, 0.25) is 0 Å². The third-order valence-electron chi connectivity index (χ3n) is 2.53. The van der Waals surface area contributed by atoms with Crippen molar-refractivity contribution >= 4 is 27.0 Å². The second-order valence-corrected chi connectivity index (χ2v) is 4.48. The average molecular weight is 281 g/mol. The van der Waals surface area contributed by atoms with Gasteiger partial charge in [-0.2, -0.15) is 0 Å². The number of fused-ring (bicyclic) bond motifs is 1. The summed E-state index contributed by atoms with van der Waals surface area (Å²) in [6.07, 6.45) is 0.938. The molecule has 0 fully saturated rings. The molecule has 2 aromatic rings. The number of aromatic nitrogens is 2. The van der Waals surface area contributed by atoms with E-state index >= 15 is 0 Å². The maximum absolute atomic E-state index is 12.0. The first-order valence-electron chi connectivity index (χ1n) is 5.26. The summed E-state index contributed by atoms with van der Waals surface area (Å²) in [5.74, 6) is 0. The van der Waals surface area contributed by atoms with Crippen molar-refractivity contribution in [2.45, 2.75) is 19.9 Å². The summed E-state index contributed by atoms with van der Waals surface area (Å²) in [6, 6.07) is 7.75. The third-order valence-corrected chi connectivity index (χ3v) is 3.09. The SMILES string of the molecule is Cc1nc2ccccc2n(CCCBr)c1=O. The summed E-state index contributed by atoms with van der Waals surface area (Å²) >= 11 is 3.38. The Balaban J connectivity index is 2.66. The molecule has 0 bridgehead atoms. The number of benzene rings is 1. The largest absolute Gasteiger partial charge is 0.305 e. The van der Waals surface area contributed by atoms with Crippen LogP contribution in [0.25, 0.3) is 11.0 Å². The molecule has 3 nitrogen and oxygen atoms in total. The first kappa shape index (κ1) is 11.3. The number of para-hydroxylation sites is 2. The van der Waals surface area contributed by atoms with Gasteiger partial charge in [0, 0.05) is 11.9 Å². The third kappa shape index (κ3) is 2.02. The molecule has 0 aliphatic rings. The maximum atomic E-state index is 12.0. The van der Waals surface area contributed by atoms with E-state index in [0.717, 1.165) is 29.3 Å². The van der Waals surface area contributed by atoms with Crippen molar-refractivity contribution in [2.24, 2.45) is 0 Å². The summed E-state index contributed by atoms with van der Waals surface area (Å²) in [5, 5.41) is 0.898. The van der Waals surface area contributed by atoms with Crippen LogP contribution < -0.4 is 5.56 Å². The molecule has 0 radical (unpaired) electrons. The highest BCUT2D eigenvalue weighted by Crippen LogP contribution is 2.10. The molecule has 1 aromatic heterocycles. The molecule has 0 amide bonds. The van der Waals surface area contributed by atoms with E-state index in [0.29, 0.717) is 5.69 Å². The summed E-state index contributed by atoms with van der Waals surface area (Å²) in [5.41, 5.74) is 2.38. The van der Waals surface area contributed by atoms with Crippen LogP contribution in [0.5, 0.6) is 0 Å². The Morgan fingerprint density at radius 1 is 1.38 bits per heavy atom.